The zero-order valence-electron chi connectivity index (χ0n) is 7.81. The molecule has 74 valence electrons. The number of aromatic nitrogens is 4. The van der Waals surface area contributed by atoms with Gasteiger partial charge in [0.25, 0.3) is 5.89 Å². The van der Waals surface area contributed by atoms with E-state index in [1.165, 1.54) is 0 Å². The van der Waals surface area contributed by atoms with Gasteiger partial charge >= 0.3 is 0 Å². The molecule has 0 amide bonds. The van der Waals surface area contributed by atoms with Gasteiger partial charge in [-0.3, -0.25) is 4.68 Å². The van der Waals surface area contributed by atoms with Crippen LogP contribution in [0, 0.1) is 0 Å². The molecule has 0 N–H and O–H groups in total. The van der Waals surface area contributed by atoms with E-state index in [-0.39, 0.29) is 5.38 Å². The Morgan fingerprint density at radius 3 is 2.86 bits per heavy atom. The lowest BCUT2D eigenvalue weighted by atomic mass is 10.4. The fourth-order valence-corrected chi connectivity index (χ4v) is 1.17. The molecule has 2 heterocycles. The third kappa shape index (κ3) is 1.50. The highest BCUT2D eigenvalue weighted by molar-refractivity contribution is 6.20. The van der Waals surface area contributed by atoms with Crippen LogP contribution in [0.2, 0.25) is 0 Å². The predicted octanol–water partition coefficient (Wildman–Crippen LogP) is 1.77. The Kier molecular flexibility index (Phi) is 2.25. The summed E-state index contributed by atoms with van der Waals surface area (Å²) >= 11 is 5.81. The summed E-state index contributed by atoms with van der Waals surface area (Å²) in [5, 5.41) is 7.51. The van der Waals surface area contributed by atoms with Crippen LogP contribution in [-0.2, 0) is 7.05 Å². The van der Waals surface area contributed by atoms with Gasteiger partial charge in [0, 0.05) is 13.2 Å². The molecule has 2 rings (SSSR count). The molecule has 14 heavy (non-hydrogen) atoms. The minimum absolute atomic E-state index is 0.249. The maximum atomic E-state index is 5.81. The van der Waals surface area contributed by atoms with Gasteiger partial charge in [-0.1, -0.05) is 5.16 Å². The molecule has 0 aromatic carbocycles. The topological polar surface area (TPSA) is 56.7 Å². The van der Waals surface area contributed by atoms with Crippen molar-refractivity contribution in [3.05, 3.63) is 18.1 Å². The first-order valence-corrected chi connectivity index (χ1v) is 4.58. The summed E-state index contributed by atoms with van der Waals surface area (Å²) in [6.45, 7) is 1.79. The van der Waals surface area contributed by atoms with Crippen LogP contribution in [0.3, 0.4) is 0 Å². The van der Waals surface area contributed by atoms with Gasteiger partial charge < -0.3 is 4.52 Å². The molecule has 0 aliphatic carbocycles. The molecule has 0 saturated heterocycles. The molecule has 0 fully saturated rings. The van der Waals surface area contributed by atoms with Gasteiger partial charge in [0.1, 0.15) is 5.69 Å². The maximum Gasteiger partial charge on any atom is 0.276 e. The lowest BCUT2D eigenvalue weighted by Crippen LogP contribution is -1.93. The van der Waals surface area contributed by atoms with Crippen LogP contribution in [-0.4, -0.2) is 19.9 Å². The average molecular weight is 213 g/mol. The number of alkyl halides is 1. The molecule has 2 aromatic rings. The van der Waals surface area contributed by atoms with Gasteiger partial charge in [-0.15, -0.1) is 11.6 Å². The number of rotatable bonds is 2. The van der Waals surface area contributed by atoms with E-state index in [1.54, 1.807) is 23.9 Å². The number of hydrogen-bond donors (Lipinski definition) is 0. The Morgan fingerprint density at radius 1 is 1.57 bits per heavy atom. The van der Waals surface area contributed by atoms with Crippen LogP contribution in [0.15, 0.2) is 16.8 Å². The second-order valence-corrected chi connectivity index (χ2v) is 3.57. The summed E-state index contributed by atoms with van der Waals surface area (Å²) in [6, 6.07) is 1.80. The molecule has 0 aliphatic rings. The summed E-state index contributed by atoms with van der Waals surface area (Å²) in [7, 11) is 1.81. The Morgan fingerprint density at radius 2 is 2.36 bits per heavy atom. The Labute approximate surface area is 85.7 Å². The number of aryl methyl sites for hydroxylation is 1. The van der Waals surface area contributed by atoms with Crippen molar-refractivity contribution in [2.24, 2.45) is 7.05 Å². The number of hydrogen-bond acceptors (Lipinski definition) is 4. The molecule has 1 atom stereocenters. The van der Waals surface area contributed by atoms with Crippen molar-refractivity contribution in [1.29, 1.82) is 0 Å². The summed E-state index contributed by atoms with van der Waals surface area (Å²) in [6.07, 6.45) is 1.67. The minimum atomic E-state index is -0.249. The molecule has 0 saturated carbocycles. The van der Waals surface area contributed by atoms with E-state index >= 15 is 0 Å². The number of nitrogens with zero attached hydrogens (tertiary/aromatic N) is 4. The molecule has 1 unspecified atom stereocenters. The van der Waals surface area contributed by atoms with Crippen molar-refractivity contribution >= 4 is 11.6 Å². The molecule has 0 bridgehead atoms. The van der Waals surface area contributed by atoms with E-state index in [0.717, 1.165) is 5.69 Å². The highest BCUT2D eigenvalue weighted by Crippen LogP contribution is 2.20. The minimum Gasteiger partial charge on any atom is -0.332 e. The molecule has 2 aromatic heterocycles. The first kappa shape index (κ1) is 9.21. The standard InChI is InChI=1S/C8H9ClN4O/c1-5(9)7-11-8(14-12-7)6-3-4-10-13(6)2/h3-5H,1-2H3. The highest BCUT2D eigenvalue weighted by atomic mass is 35.5. The van der Waals surface area contributed by atoms with Crippen LogP contribution < -0.4 is 0 Å². The van der Waals surface area contributed by atoms with E-state index in [4.69, 9.17) is 16.1 Å². The monoisotopic (exact) mass is 212 g/mol. The Balaban J connectivity index is 2.39. The number of halogens is 1. The third-order valence-electron chi connectivity index (χ3n) is 1.84. The van der Waals surface area contributed by atoms with Crippen LogP contribution in [0.4, 0.5) is 0 Å². The summed E-state index contributed by atoms with van der Waals surface area (Å²) < 4.78 is 6.71. The predicted molar refractivity (Wildman–Crippen MR) is 50.8 cm³/mol. The molecular formula is C8H9ClN4O. The highest BCUT2D eigenvalue weighted by Gasteiger charge is 2.14. The lowest BCUT2D eigenvalue weighted by molar-refractivity contribution is 0.419. The fraction of sp³-hybridized carbons (Fsp3) is 0.375. The van der Waals surface area contributed by atoms with Crippen LogP contribution in [0.25, 0.3) is 11.6 Å². The third-order valence-corrected chi connectivity index (χ3v) is 2.03. The van der Waals surface area contributed by atoms with E-state index in [1.807, 2.05) is 7.05 Å². The maximum absolute atomic E-state index is 5.81. The van der Waals surface area contributed by atoms with E-state index in [0.29, 0.717) is 11.7 Å². The quantitative estimate of drug-likeness (QED) is 0.712. The first-order chi connectivity index (χ1) is 6.68. The van der Waals surface area contributed by atoms with Crippen LogP contribution >= 0.6 is 11.6 Å². The Bertz CT molecular complexity index is 434. The van der Waals surface area contributed by atoms with Gasteiger partial charge in [0.05, 0.1) is 5.38 Å². The lowest BCUT2D eigenvalue weighted by Gasteiger charge is -1.93. The molecular weight excluding hydrogens is 204 g/mol. The van der Waals surface area contributed by atoms with Crippen LogP contribution in [0.1, 0.15) is 18.1 Å². The molecule has 0 aliphatic heterocycles. The summed E-state index contributed by atoms with van der Waals surface area (Å²) in [5.74, 6) is 0.926. The van der Waals surface area contributed by atoms with Crippen LogP contribution in [0.5, 0.6) is 0 Å². The van der Waals surface area contributed by atoms with Crippen molar-refractivity contribution in [3.8, 4) is 11.6 Å². The molecule has 5 nitrogen and oxygen atoms in total. The second kappa shape index (κ2) is 3.42. The van der Waals surface area contributed by atoms with Gasteiger partial charge in [-0.2, -0.15) is 10.1 Å². The molecule has 0 spiro atoms. The van der Waals surface area contributed by atoms with Gasteiger partial charge in [-0.25, -0.2) is 0 Å². The van der Waals surface area contributed by atoms with Gasteiger partial charge in [-0.05, 0) is 13.0 Å². The van der Waals surface area contributed by atoms with Crippen molar-refractivity contribution in [1.82, 2.24) is 19.9 Å². The zero-order chi connectivity index (χ0) is 10.1. The first-order valence-electron chi connectivity index (χ1n) is 4.14. The van der Waals surface area contributed by atoms with E-state index in [2.05, 4.69) is 15.2 Å². The van der Waals surface area contributed by atoms with Crippen molar-refractivity contribution in [2.45, 2.75) is 12.3 Å². The van der Waals surface area contributed by atoms with E-state index in [9.17, 15) is 0 Å². The van der Waals surface area contributed by atoms with Crippen molar-refractivity contribution in [2.75, 3.05) is 0 Å². The summed E-state index contributed by atoms with van der Waals surface area (Å²) in [5.41, 5.74) is 0.779. The average Bonchev–Trinajstić information content (AvgIpc) is 2.71. The summed E-state index contributed by atoms with van der Waals surface area (Å²) in [4.78, 5) is 4.14. The van der Waals surface area contributed by atoms with E-state index < -0.39 is 0 Å². The fourth-order valence-electron chi connectivity index (χ4n) is 1.08. The van der Waals surface area contributed by atoms with Crippen molar-refractivity contribution < 1.29 is 4.52 Å². The molecule has 0 radical (unpaired) electrons. The van der Waals surface area contributed by atoms with Gasteiger partial charge in [0.15, 0.2) is 5.82 Å². The second-order valence-electron chi connectivity index (χ2n) is 2.91. The SMILES string of the molecule is CC(Cl)c1noc(-c2ccnn2C)n1. The smallest absolute Gasteiger partial charge is 0.276 e. The molecule has 6 heteroatoms. The zero-order valence-corrected chi connectivity index (χ0v) is 8.56. The Hall–Kier alpha value is -1.36. The van der Waals surface area contributed by atoms with Crippen molar-refractivity contribution in [3.63, 3.8) is 0 Å². The normalized spacial score (nSPS) is 13.1. The van der Waals surface area contributed by atoms with Gasteiger partial charge in [0.2, 0.25) is 0 Å². The largest absolute Gasteiger partial charge is 0.332 e.